The van der Waals surface area contributed by atoms with Crippen molar-refractivity contribution in [1.29, 1.82) is 0 Å². The number of fused-ring (bicyclic) bond motifs is 5. The second-order valence-corrected chi connectivity index (χ2v) is 10.6. The lowest BCUT2D eigenvalue weighted by molar-refractivity contribution is 0.0874. The van der Waals surface area contributed by atoms with E-state index in [9.17, 15) is 0 Å². The van der Waals surface area contributed by atoms with Gasteiger partial charge in [-0.1, -0.05) is 23.2 Å². The maximum absolute atomic E-state index is 6.99. The Kier molecular flexibility index (Phi) is 1.72. The molecule has 1 aliphatic heterocycles. The van der Waals surface area contributed by atoms with Crippen LogP contribution in [0.25, 0.3) is 0 Å². The first-order valence-electron chi connectivity index (χ1n) is 6.49. The van der Waals surface area contributed by atoms with Gasteiger partial charge in [0.15, 0.2) is 4.33 Å². The van der Waals surface area contributed by atoms with Gasteiger partial charge in [0.05, 0.1) is 22.5 Å². The van der Waals surface area contributed by atoms with Gasteiger partial charge in [-0.15, -0.1) is 46.4 Å². The third-order valence-corrected chi connectivity index (χ3v) is 12.0. The predicted molar refractivity (Wildman–Crippen MR) is 75.9 cm³/mol. The molecule has 0 aromatic carbocycles. The number of rotatable bonds is 0. The van der Waals surface area contributed by atoms with E-state index < -0.39 is 24.3 Å². The lowest BCUT2D eigenvalue weighted by Gasteiger charge is -2.53. The second kappa shape index (κ2) is 2.68. The summed E-state index contributed by atoms with van der Waals surface area (Å²) in [6.45, 7) is 0. The van der Waals surface area contributed by atoms with Crippen LogP contribution >= 0.6 is 69.6 Å². The van der Waals surface area contributed by atoms with Crippen LogP contribution in [0.1, 0.15) is 0 Å². The third-order valence-electron chi connectivity index (χ3n) is 7.03. The first kappa shape index (κ1) is 12.2. The highest BCUT2D eigenvalue weighted by molar-refractivity contribution is 6.63. The fraction of sp³-hybridized carbons (Fsp3) is 1.00. The Morgan fingerprint density at radius 1 is 0.737 bits per heavy atom. The molecule has 5 aliphatic carbocycles. The molecule has 6 bridgehead atoms. The van der Waals surface area contributed by atoms with Crippen LogP contribution < -0.4 is 0 Å². The van der Waals surface area contributed by atoms with Crippen molar-refractivity contribution in [2.75, 3.05) is 0 Å². The summed E-state index contributed by atoms with van der Waals surface area (Å²) in [5.74, 6) is 1.17. The molecule has 0 aromatic rings. The summed E-state index contributed by atoms with van der Waals surface area (Å²) in [6, 6.07) is 0. The highest BCUT2D eigenvalue weighted by Gasteiger charge is 3.04. The van der Waals surface area contributed by atoms with Gasteiger partial charge >= 0.3 is 0 Å². The zero-order valence-corrected chi connectivity index (χ0v) is 13.8. The smallest absolute Gasteiger partial charge is 0.160 e. The molecule has 7 heteroatoms. The van der Waals surface area contributed by atoms with Gasteiger partial charge in [0, 0.05) is 0 Å². The van der Waals surface area contributed by atoms with Crippen molar-refractivity contribution in [3.63, 3.8) is 0 Å². The van der Waals surface area contributed by atoms with Crippen molar-refractivity contribution in [2.24, 2.45) is 29.6 Å². The van der Waals surface area contributed by atoms with Crippen LogP contribution in [-0.2, 0) is 4.74 Å². The summed E-state index contributed by atoms with van der Waals surface area (Å²) in [4.78, 5) is -2.70. The monoisotopic (exact) mass is 378 g/mol. The number of hydrogen-bond acceptors (Lipinski definition) is 1. The van der Waals surface area contributed by atoms with E-state index in [0.717, 1.165) is 0 Å². The predicted octanol–water partition coefficient (Wildman–Crippen LogP) is 3.62. The summed E-state index contributed by atoms with van der Waals surface area (Å²) in [5.41, 5.74) is 0. The Labute approximate surface area is 140 Å². The van der Waals surface area contributed by atoms with Gasteiger partial charge < -0.3 is 4.74 Å². The molecule has 0 spiro atoms. The van der Waals surface area contributed by atoms with Crippen LogP contribution in [0.3, 0.4) is 0 Å². The molecule has 1 nitrogen and oxygen atoms in total. The highest BCUT2D eigenvalue weighted by atomic mass is 35.5. The summed E-state index contributed by atoms with van der Waals surface area (Å²) in [7, 11) is 0. The fourth-order valence-corrected chi connectivity index (χ4v) is 10.8. The van der Waals surface area contributed by atoms with E-state index in [1.54, 1.807) is 0 Å². The molecule has 104 valence electrons. The van der Waals surface area contributed by atoms with Gasteiger partial charge in [0.1, 0.15) is 9.75 Å². The van der Waals surface area contributed by atoms with Crippen molar-refractivity contribution in [1.82, 2.24) is 0 Å². The summed E-state index contributed by atoms with van der Waals surface area (Å²) >= 11 is 40.8. The second-order valence-electron chi connectivity index (χ2n) is 6.98. The average Bonchev–Trinajstić information content (AvgIpc) is 2.89. The van der Waals surface area contributed by atoms with Gasteiger partial charge in [0.25, 0.3) is 0 Å². The molecule has 0 amide bonds. The molecular formula is C12H8Cl6O. The maximum Gasteiger partial charge on any atom is 0.160 e. The van der Waals surface area contributed by atoms with Gasteiger partial charge in [-0.05, 0) is 29.6 Å². The molecular weight excluding hydrogens is 373 g/mol. The molecule has 11 unspecified atom stereocenters. The summed E-state index contributed by atoms with van der Waals surface area (Å²) in [5, 5.41) is -0.499. The fourth-order valence-electron chi connectivity index (χ4n) is 6.79. The maximum atomic E-state index is 6.99. The molecule has 19 heavy (non-hydrogen) atoms. The molecule has 5 saturated carbocycles. The standard InChI is InChI=1S/C12H8Cl6O/c13-8-9(14)3-1-4-5(2(3)7-6(1)19-7)11(9,16)12(17,18)10(4,8)15/h1-8H. The molecule has 6 fully saturated rings. The van der Waals surface area contributed by atoms with Gasteiger partial charge in [-0.3, -0.25) is 0 Å². The number of alkyl halides is 6. The van der Waals surface area contributed by atoms with Crippen LogP contribution in [0.4, 0.5) is 0 Å². The Morgan fingerprint density at radius 2 is 1.32 bits per heavy atom. The summed E-state index contributed by atoms with van der Waals surface area (Å²) in [6.07, 6.45) is 0.556. The van der Waals surface area contributed by atoms with E-state index in [-0.39, 0.29) is 30.0 Å². The van der Waals surface area contributed by atoms with Crippen molar-refractivity contribution in [3.8, 4) is 0 Å². The third kappa shape index (κ3) is 0.718. The van der Waals surface area contributed by atoms with E-state index in [2.05, 4.69) is 0 Å². The molecule has 6 rings (SSSR count). The Bertz CT molecular complexity index is 552. The molecule has 0 aromatic heterocycles. The number of halogens is 6. The van der Waals surface area contributed by atoms with Crippen LogP contribution in [-0.4, -0.2) is 36.5 Å². The minimum absolute atomic E-state index is 0.128. The number of ether oxygens (including phenoxy) is 1. The molecule has 1 saturated heterocycles. The van der Waals surface area contributed by atoms with Crippen LogP contribution in [0.5, 0.6) is 0 Å². The van der Waals surface area contributed by atoms with Crippen molar-refractivity contribution in [3.05, 3.63) is 0 Å². The lowest BCUT2D eigenvalue weighted by atomic mass is 9.62. The Hall–Kier alpha value is 1.70. The normalized spacial score (nSPS) is 83.1. The molecule has 0 N–H and O–H groups in total. The van der Waals surface area contributed by atoms with E-state index in [1.165, 1.54) is 0 Å². The number of epoxide rings is 1. The van der Waals surface area contributed by atoms with Crippen molar-refractivity contribution >= 4 is 69.6 Å². The quantitative estimate of drug-likeness (QED) is 0.462. The topological polar surface area (TPSA) is 12.5 Å². The minimum Gasteiger partial charge on any atom is -0.369 e. The molecule has 1 heterocycles. The van der Waals surface area contributed by atoms with Crippen molar-refractivity contribution < 1.29 is 4.74 Å². The van der Waals surface area contributed by atoms with E-state index in [0.29, 0.717) is 11.8 Å². The largest absolute Gasteiger partial charge is 0.369 e. The number of hydrogen-bond donors (Lipinski definition) is 0. The average molecular weight is 381 g/mol. The molecule has 0 radical (unpaired) electrons. The van der Waals surface area contributed by atoms with Gasteiger partial charge in [-0.25, -0.2) is 0 Å². The summed E-state index contributed by atoms with van der Waals surface area (Å²) < 4.78 is 4.49. The van der Waals surface area contributed by atoms with Crippen LogP contribution in [0.2, 0.25) is 0 Å². The Morgan fingerprint density at radius 3 is 1.95 bits per heavy atom. The lowest BCUT2D eigenvalue weighted by Crippen LogP contribution is -2.64. The SMILES string of the molecule is ClC1C2(Cl)C3C4C5OC5C5C4C1(Cl)C(Cl)(C53)C2(Cl)Cl. The van der Waals surface area contributed by atoms with Gasteiger partial charge in [0.2, 0.25) is 0 Å². The van der Waals surface area contributed by atoms with E-state index in [4.69, 9.17) is 74.3 Å². The van der Waals surface area contributed by atoms with Crippen LogP contribution in [0.15, 0.2) is 0 Å². The van der Waals surface area contributed by atoms with Gasteiger partial charge in [-0.2, -0.15) is 0 Å². The van der Waals surface area contributed by atoms with E-state index >= 15 is 0 Å². The van der Waals surface area contributed by atoms with Crippen molar-refractivity contribution in [2.45, 2.75) is 36.5 Å². The first-order valence-corrected chi connectivity index (χ1v) is 8.82. The molecule has 11 atom stereocenters. The highest BCUT2D eigenvalue weighted by Crippen LogP contribution is 2.94. The Balaban J connectivity index is 1.75. The van der Waals surface area contributed by atoms with E-state index in [1.807, 2.05) is 0 Å². The molecule has 6 aliphatic rings. The minimum atomic E-state index is -1.29. The first-order chi connectivity index (χ1) is 8.75. The van der Waals surface area contributed by atoms with Crippen LogP contribution in [0, 0.1) is 29.6 Å². The zero-order valence-electron chi connectivity index (χ0n) is 9.29. The zero-order chi connectivity index (χ0) is 13.3.